The van der Waals surface area contributed by atoms with Gasteiger partial charge in [0.2, 0.25) is 0 Å². The lowest BCUT2D eigenvalue weighted by molar-refractivity contribution is 0.433. The van der Waals surface area contributed by atoms with Crippen LogP contribution in [0.4, 0.5) is 17.6 Å². The molecule has 0 atom stereocenters. The molecule has 0 aliphatic rings. The lowest BCUT2D eigenvalue weighted by Crippen LogP contribution is -2.30. The maximum Gasteiger partial charge on any atom is 0.169 e. The van der Waals surface area contributed by atoms with Crippen LogP contribution in [0.1, 0.15) is 27.7 Å². The summed E-state index contributed by atoms with van der Waals surface area (Å²) in [6.07, 6.45) is 0. The van der Waals surface area contributed by atoms with Crippen molar-refractivity contribution in [1.29, 1.82) is 0 Å². The molecule has 1 aromatic carbocycles. The Morgan fingerprint density at radius 3 is 0.875 bits per heavy atom. The predicted octanol–water partition coefficient (Wildman–Crippen LogP) is 2.62. The molecule has 0 fully saturated rings. The molecule has 1 aromatic rings. The van der Waals surface area contributed by atoms with Crippen molar-refractivity contribution in [2.75, 3.05) is 0 Å². The number of benzene rings is 1. The van der Waals surface area contributed by atoms with Crippen LogP contribution in [0.2, 0.25) is 0 Å². The van der Waals surface area contributed by atoms with Crippen LogP contribution >= 0.6 is 0 Å². The molecular weight excluding hydrogens is 220 g/mol. The molecule has 16 heavy (non-hydrogen) atoms. The van der Waals surface area contributed by atoms with E-state index in [9.17, 15) is 17.6 Å². The Morgan fingerprint density at radius 2 is 0.750 bits per heavy atom. The average Bonchev–Trinajstić information content (AvgIpc) is 2.14. The van der Waals surface area contributed by atoms with Gasteiger partial charge in [-0.1, -0.05) is 11.1 Å². The van der Waals surface area contributed by atoms with Gasteiger partial charge in [0.1, 0.15) is 0 Å². The zero-order chi connectivity index (χ0) is 12.6. The van der Waals surface area contributed by atoms with Crippen LogP contribution < -0.4 is 10.4 Å². The minimum Gasteiger partial charge on any atom is -0.203 e. The number of rotatable bonds is 0. The fourth-order valence-corrected chi connectivity index (χ4v) is 1.51. The Hall–Kier alpha value is -1.32. The summed E-state index contributed by atoms with van der Waals surface area (Å²) in [5, 5.41) is -1.25. The van der Waals surface area contributed by atoms with Crippen LogP contribution in [-0.2, 0) is 0 Å². The van der Waals surface area contributed by atoms with E-state index in [2.05, 4.69) is 0 Å². The maximum atomic E-state index is 13.5. The number of hydrogen-bond acceptors (Lipinski definition) is 0. The van der Waals surface area contributed by atoms with Crippen LogP contribution in [0.15, 0.2) is 0 Å². The maximum absolute atomic E-state index is 13.5. The van der Waals surface area contributed by atoms with Crippen molar-refractivity contribution in [3.8, 4) is 0 Å². The second-order valence-electron chi connectivity index (χ2n) is 4.01. The van der Waals surface area contributed by atoms with E-state index in [0.29, 0.717) is 0 Å². The molecule has 4 heteroatoms. The van der Waals surface area contributed by atoms with E-state index in [1.54, 1.807) is 0 Å². The second-order valence-corrected chi connectivity index (χ2v) is 4.01. The molecule has 0 N–H and O–H groups in total. The van der Waals surface area contributed by atoms with Crippen molar-refractivity contribution in [2.24, 2.45) is 0 Å². The lowest BCUT2D eigenvalue weighted by atomic mass is 10.1. The van der Waals surface area contributed by atoms with Gasteiger partial charge in [-0.15, -0.1) is 0 Å². The zero-order valence-electron chi connectivity index (χ0n) is 9.51. The summed E-state index contributed by atoms with van der Waals surface area (Å²) in [7, 11) is 0. The molecule has 0 unspecified atom stereocenters. The van der Waals surface area contributed by atoms with Gasteiger partial charge < -0.3 is 0 Å². The highest BCUT2D eigenvalue weighted by Crippen LogP contribution is 2.06. The van der Waals surface area contributed by atoms with E-state index in [1.165, 1.54) is 27.7 Å². The second kappa shape index (κ2) is 4.28. The van der Waals surface area contributed by atoms with Gasteiger partial charge in [-0.3, -0.25) is 0 Å². The molecule has 0 nitrogen and oxygen atoms in total. The zero-order valence-corrected chi connectivity index (χ0v) is 9.51. The Kier molecular flexibility index (Phi) is 3.41. The van der Waals surface area contributed by atoms with Gasteiger partial charge in [0.15, 0.2) is 23.3 Å². The molecule has 0 heterocycles. The quantitative estimate of drug-likeness (QED) is 0.476. The molecule has 0 amide bonds. The van der Waals surface area contributed by atoms with Crippen LogP contribution in [0.25, 0.3) is 11.1 Å². The third-order valence-corrected chi connectivity index (χ3v) is 2.26. The molecule has 0 aliphatic heterocycles. The topological polar surface area (TPSA) is 0 Å². The van der Waals surface area contributed by atoms with Crippen LogP contribution in [0.5, 0.6) is 0 Å². The average molecular weight is 232 g/mol. The SMILES string of the molecule is CC(C)=c1c(F)c(F)c(=C(C)C)c(F)c1F. The minimum atomic E-state index is -1.34. The summed E-state index contributed by atoms with van der Waals surface area (Å²) in [5.41, 5.74) is 0.376. The first kappa shape index (κ1) is 12.7. The predicted molar refractivity (Wildman–Crippen MR) is 55.0 cm³/mol. The van der Waals surface area contributed by atoms with Crippen LogP contribution in [-0.4, -0.2) is 0 Å². The standard InChI is InChI=1S/C12H12F4/c1-5(2)7-9(13)11(15)8(6(3)4)12(16)10(7)14/h1-4H3. The third-order valence-electron chi connectivity index (χ3n) is 2.26. The van der Waals surface area contributed by atoms with Crippen LogP contribution in [0, 0.1) is 23.3 Å². The monoisotopic (exact) mass is 232 g/mol. The van der Waals surface area contributed by atoms with Crippen molar-refractivity contribution >= 4 is 11.1 Å². The van der Waals surface area contributed by atoms with Crippen molar-refractivity contribution in [3.05, 3.63) is 33.7 Å². The summed E-state index contributed by atoms with van der Waals surface area (Å²) < 4.78 is 54.0. The molecule has 1 rings (SSSR count). The molecule has 88 valence electrons. The van der Waals surface area contributed by atoms with E-state index in [1.807, 2.05) is 0 Å². The van der Waals surface area contributed by atoms with Gasteiger partial charge in [-0.25, -0.2) is 17.6 Å². The van der Waals surface area contributed by atoms with Gasteiger partial charge in [0.25, 0.3) is 0 Å². The van der Waals surface area contributed by atoms with Crippen LogP contribution in [0.3, 0.4) is 0 Å². The molecule has 0 spiro atoms. The van der Waals surface area contributed by atoms with Gasteiger partial charge in [-0.05, 0) is 27.7 Å². The van der Waals surface area contributed by atoms with Gasteiger partial charge in [0, 0.05) is 0 Å². The van der Waals surface area contributed by atoms with Gasteiger partial charge in [-0.2, -0.15) is 0 Å². The molecular formula is C12H12F4. The fourth-order valence-electron chi connectivity index (χ4n) is 1.51. The fraction of sp³-hybridized carbons (Fsp3) is 0.333. The third kappa shape index (κ3) is 1.84. The number of halogens is 4. The van der Waals surface area contributed by atoms with Gasteiger partial charge in [0.05, 0.1) is 10.4 Å². The Bertz CT molecular complexity index is 461. The van der Waals surface area contributed by atoms with E-state index >= 15 is 0 Å². The summed E-state index contributed by atoms with van der Waals surface area (Å²) in [5.74, 6) is -5.35. The van der Waals surface area contributed by atoms with Crippen molar-refractivity contribution in [2.45, 2.75) is 27.7 Å². The minimum absolute atomic E-state index is 0.188. The molecule has 0 bridgehead atoms. The number of hydrogen-bond donors (Lipinski definition) is 0. The van der Waals surface area contributed by atoms with E-state index < -0.39 is 33.7 Å². The molecule has 0 saturated carbocycles. The highest BCUT2D eigenvalue weighted by Gasteiger charge is 2.18. The van der Waals surface area contributed by atoms with E-state index in [0.717, 1.165) is 0 Å². The summed E-state index contributed by atoms with van der Waals surface area (Å²) in [4.78, 5) is 0. The van der Waals surface area contributed by atoms with Gasteiger partial charge >= 0.3 is 0 Å². The normalized spacial score (nSPS) is 10.5. The molecule has 0 saturated heterocycles. The Morgan fingerprint density at radius 1 is 0.562 bits per heavy atom. The summed E-state index contributed by atoms with van der Waals surface area (Å²) >= 11 is 0. The molecule has 0 aliphatic carbocycles. The Labute approximate surface area is 90.9 Å². The summed E-state index contributed by atoms with van der Waals surface area (Å²) in [6, 6.07) is 0. The van der Waals surface area contributed by atoms with Crippen molar-refractivity contribution in [1.82, 2.24) is 0 Å². The summed E-state index contributed by atoms with van der Waals surface area (Å²) in [6.45, 7) is 5.57. The first-order chi connectivity index (χ1) is 7.29. The lowest BCUT2D eigenvalue weighted by Gasteiger charge is -2.04. The van der Waals surface area contributed by atoms with Crippen molar-refractivity contribution in [3.63, 3.8) is 0 Å². The molecule has 0 aromatic heterocycles. The first-order valence-electron chi connectivity index (χ1n) is 4.76. The largest absolute Gasteiger partial charge is 0.203 e. The van der Waals surface area contributed by atoms with E-state index in [-0.39, 0.29) is 11.1 Å². The highest BCUT2D eigenvalue weighted by atomic mass is 19.2. The van der Waals surface area contributed by atoms with Crippen molar-refractivity contribution < 1.29 is 17.6 Å². The smallest absolute Gasteiger partial charge is 0.169 e. The molecule has 0 radical (unpaired) electrons. The Balaban J connectivity index is 4.12. The first-order valence-corrected chi connectivity index (χ1v) is 4.76. The highest BCUT2D eigenvalue weighted by molar-refractivity contribution is 5.44. The van der Waals surface area contributed by atoms with E-state index in [4.69, 9.17) is 0 Å².